The minimum absolute atomic E-state index is 0.205. The number of benzene rings is 1. The average molecular weight is 346 g/mol. The summed E-state index contributed by atoms with van der Waals surface area (Å²) >= 11 is 0. The third-order valence-corrected chi connectivity index (χ3v) is 2.93. The smallest absolute Gasteiger partial charge is 0.406 e. The van der Waals surface area contributed by atoms with Gasteiger partial charge in [-0.05, 0) is 23.8 Å². The van der Waals surface area contributed by atoms with E-state index in [9.17, 15) is 26.3 Å². The summed E-state index contributed by atoms with van der Waals surface area (Å²) in [5, 5.41) is 8.66. The normalized spacial score (nSPS) is 11.9. The van der Waals surface area contributed by atoms with Gasteiger partial charge in [-0.2, -0.15) is 18.4 Å². The molecule has 0 aliphatic rings. The Hall–Kier alpha value is -2.76. The summed E-state index contributed by atoms with van der Waals surface area (Å²) in [4.78, 5) is 3.63. The molecule has 0 unspecified atom stereocenters. The van der Waals surface area contributed by atoms with E-state index in [0.29, 0.717) is 0 Å². The van der Waals surface area contributed by atoms with Crippen molar-refractivity contribution in [2.24, 2.45) is 0 Å². The number of nitrogens with zero attached hydrogens (tertiary/aromatic N) is 2. The molecular weight excluding hydrogens is 338 g/mol. The molecule has 0 bridgehead atoms. The van der Waals surface area contributed by atoms with E-state index < -0.39 is 36.0 Å². The molecule has 0 fully saturated rings. The summed E-state index contributed by atoms with van der Waals surface area (Å²) < 4.78 is 80.5. The molecule has 1 heterocycles. The van der Waals surface area contributed by atoms with Gasteiger partial charge >= 0.3 is 12.5 Å². The second-order valence-corrected chi connectivity index (χ2v) is 4.60. The summed E-state index contributed by atoms with van der Waals surface area (Å²) in [6, 6.07) is 6.73. The number of rotatable bonds is 3. The quantitative estimate of drug-likeness (QED) is 0.755. The van der Waals surface area contributed by atoms with Crippen molar-refractivity contribution < 1.29 is 31.1 Å². The van der Waals surface area contributed by atoms with E-state index in [-0.39, 0.29) is 11.1 Å². The van der Waals surface area contributed by atoms with Gasteiger partial charge in [0, 0.05) is 11.8 Å². The van der Waals surface area contributed by atoms with Crippen molar-refractivity contribution in [3.05, 3.63) is 47.7 Å². The molecule has 0 amide bonds. The molecular formula is C15H8F6N2O. The van der Waals surface area contributed by atoms with E-state index in [4.69, 9.17) is 5.26 Å². The first-order valence-electron chi connectivity index (χ1n) is 6.40. The molecule has 0 spiro atoms. The van der Waals surface area contributed by atoms with Crippen LogP contribution < -0.4 is 4.74 Å². The number of pyridine rings is 1. The fraction of sp³-hybridized carbons (Fsp3) is 0.200. The summed E-state index contributed by atoms with van der Waals surface area (Å²) in [5.41, 5.74) is -2.24. The summed E-state index contributed by atoms with van der Waals surface area (Å²) in [7, 11) is 0. The molecule has 0 saturated heterocycles. The van der Waals surface area contributed by atoms with Crippen LogP contribution in [0.15, 0.2) is 36.5 Å². The summed E-state index contributed by atoms with van der Waals surface area (Å²) in [6.07, 6.45) is -9.24. The van der Waals surface area contributed by atoms with E-state index >= 15 is 0 Å². The monoisotopic (exact) mass is 346 g/mol. The summed E-state index contributed by atoms with van der Waals surface area (Å²) in [6.45, 7) is 0. The fourth-order valence-electron chi connectivity index (χ4n) is 2.11. The van der Waals surface area contributed by atoms with Crippen LogP contribution in [0.3, 0.4) is 0 Å². The van der Waals surface area contributed by atoms with Crippen molar-refractivity contribution in [2.45, 2.75) is 19.0 Å². The highest BCUT2D eigenvalue weighted by Gasteiger charge is 2.37. The average Bonchev–Trinajstić information content (AvgIpc) is 2.44. The number of nitriles is 1. The molecule has 0 radical (unpaired) electrons. The van der Waals surface area contributed by atoms with Crippen LogP contribution in [0, 0.1) is 11.3 Å². The largest absolute Gasteiger partial charge is 0.573 e. The number of aromatic nitrogens is 1. The Balaban J connectivity index is 2.59. The van der Waals surface area contributed by atoms with Crippen LogP contribution in [-0.4, -0.2) is 11.3 Å². The second-order valence-electron chi connectivity index (χ2n) is 4.60. The Morgan fingerprint density at radius 1 is 1.08 bits per heavy atom. The SMILES string of the molecule is N#CCc1ccnc(-c2cccc(OC(F)(F)F)c2)c1C(F)(F)F. The van der Waals surface area contributed by atoms with Crippen LogP contribution in [0.2, 0.25) is 0 Å². The molecule has 2 aromatic rings. The standard InChI is InChI=1S/C15H8F6N2O/c16-14(17,18)12-9(4-6-22)5-7-23-13(12)10-2-1-3-11(8-10)24-15(19,20)21/h1-3,5,7-8H,4H2. The zero-order valence-corrected chi connectivity index (χ0v) is 11.7. The van der Waals surface area contributed by atoms with Gasteiger partial charge in [0.1, 0.15) is 5.75 Å². The van der Waals surface area contributed by atoms with Crippen molar-refractivity contribution >= 4 is 0 Å². The molecule has 0 atom stereocenters. The minimum Gasteiger partial charge on any atom is -0.406 e. The van der Waals surface area contributed by atoms with Crippen LogP contribution in [0.1, 0.15) is 11.1 Å². The molecule has 0 saturated carbocycles. The summed E-state index contributed by atoms with van der Waals surface area (Å²) in [5.74, 6) is -0.666. The van der Waals surface area contributed by atoms with Crippen molar-refractivity contribution in [1.82, 2.24) is 4.98 Å². The Morgan fingerprint density at radius 2 is 1.79 bits per heavy atom. The highest BCUT2D eigenvalue weighted by Crippen LogP contribution is 2.39. The van der Waals surface area contributed by atoms with E-state index in [1.807, 2.05) is 0 Å². The van der Waals surface area contributed by atoms with Gasteiger partial charge in [0.05, 0.1) is 23.7 Å². The maximum Gasteiger partial charge on any atom is 0.573 e. The van der Waals surface area contributed by atoms with E-state index in [0.717, 1.165) is 30.5 Å². The molecule has 0 aliphatic heterocycles. The van der Waals surface area contributed by atoms with Gasteiger partial charge in [0.2, 0.25) is 0 Å². The second kappa shape index (κ2) is 6.39. The first-order chi connectivity index (χ1) is 11.1. The molecule has 24 heavy (non-hydrogen) atoms. The predicted molar refractivity (Wildman–Crippen MR) is 70.7 cm³/mol. The van der Waals surface area contributed by atoms with Gasteiger partial charge in [-0.25, -0.2) is 0 Å². The Kier molecular flexibility index (Phi) is 4.68. The number of hydrogen-bond donors (Lipinski definition) is 0. The number of alkyl halides is 6. The lowest BCUT2D eigenvalue weighted by molar-refractivity contribution is -0.274. The third kappa shape index (κ3) is 4.16. The molecule has 0 aliphatic carbocycles. The number of halogens is 6. The van der Waals surface area contributed by atoms with Crippen LogP contribution in [0.5, 0.6) is 5.75 Å². The van der Waals surface area contributed by atoms with Crippen LogP contribution in [0.4, 0.5) is 26.3 Å². The number of hydrogen-bond acceptors (Lipinski definition) is 3. The van der Waals surface area contributed by atoms with Crippen LogP contribution >= 0.6 is 0 Å². The number of ether oxygens (including phenoxy) is 1. The van der Waals surface area contributed by atoms with E-state index in [1.165, 1.54) is 6.07 Å². The topological polar surface area (TPSA) is 45.9 Å². The minimum atomic E-state index is -4.97. The maximum atomic E-state index is 13.3. The first kappa shape index (κ1) is 17.6. The lowest BCUT2D eigenvalue weighted by Crippen LogP contribution is -2.17. The molecule has 2 rings (SSSR count). The fourth-order valence-corrected chi connectivity index (χ4v) is 2.11. The molecule has 3 nitrogen and oxygen atoms in total. The van der Waals surface area contributed by atoms with Crippen LogP contribution in [0.25, 0.3) is 11.3 Å². The van der Waals surface area contributed by atoms with E-state index in [2.05, 4.69) is 9.72 Å². The van der Waals surface area contributed by atoms with Gasteiger partial charge in [-0.1, -0.05) is 12.1 Å². The maximum absolute atomic E-state index is 13.3. The zero-order chi connectivity index (χ0) is 18.0. The lowest BCUT2D eigenvalue weighted by atomic mass is 9.99. The Bertz CT molecular complexity index is 777. The van der Waals surface area contributed by atoms with Gasteiger partial charge in [-0.15, -0.1) is 13.2 Å². The molecule has 126 valence electrons. The third-order valence-electron chi connectivity index (χ3n) is 2.93. The van der Waals surface area contributed by atoms with Gasteiger partial charge in [-0.3, -0.25) is 4.98 Å². The van der Waals surface area contributed by atoms with Crippen molar-refractivity contribution in [3.8, 4) is 23.1 Å². The van der Waals surface area contributed by atoms with Crippen molar-refractivity contribution in [1.29, 1.82) is 5.26 Å². The first-order valence-corrected chi connectivity index (χ1v) is 6.40. The van der Waals surface area contributed by atoms with E-state index in [1.54, 1.807) is 6.07 Å². The Morgan fingerprint density at radius 3 is 2.38 bits per heavy atom. The van der Waals surface area contributed by atoms with Crippen LogP contribution in [-0.2, 0) is 12.6 Å². The highest BCUT2D eigenvalue weighted by atomic mass is 19.4. The van der Waals surface area contributed by atoms with Gasteiger partial charge in [0.25, 0.3) is 0 Å². The zero-order valence-electron chi connectivity index (χ0n) is 11.7. The molecule has 0 N–H and O–H groups in total. The Labute approximate surface area is 132 Å². The van der Waals surface area contributed by atoms with Crippen molar-refractivity contribution in [2.75, 3.05) is 0 Å². The molecule has 1 aromatic heterocycles. The van der Waals surface area contributed by atoms with Gasteiger partial charge < -0.3 is 4.74 Å². The lowest BCUT2D eigenvalue weighted by Gasteiger charge is -2.16. The molecule has 1 aromatic carbocycles. The van der Waals surface area contributed by atoms with Gasteiger partial charge in [0.15, 0.2) is 0 Å². The molecule has 9 heteroatoms. The predicted octanol–water partition coefficient (Wildman–Crippen LogP) is 4.73. The highest BCUT2D eigenvalue weighted by molar-refractivity contribution is 5.67. The van der Waals surface area contributed by atoms with Crippen molar-refractivity contribution in [3.63, 3.8) is 0 Å².